The highest BCUT2D eigenvalue weighted by atomic mass is 16.5. The van der Waals surface area contributed by atoms with Gasteiger partial charge in [0.15, 0.2) is 0 Å². The van der Waals surface area contributed by atoms with Crippen LogP contribution in [0.25, 0.3) is 0 Å². The summed E-state index contributed by atoms with van der Waals surface area (Å²) in [7, 11) is 1.72. The number of rotatable bonds is 3. The van der Waals surface area contributed by atoms with Gasteiger partial charge in [0.05, 0.1) is 18.9 Å². The Hall–Kier alpha value is -3.31. The van der Waals surface area contributed by atoms with E-state index in [1.54, 1.807) is 7.11 Å². The topological polar surface area (TPSA) is 37.3 Å². The van der Waals surface area contributed by atoms with Crippen molar-refractivity contribution in [3.63, 3.8) is 0 Å². The fourth-order valence-corrected chi connectivity index (χ4v) is 6.83. The van der Waals surface area contributed by atoms with Crippen LogP contribution in [0, 0.1) is 0 Å². The van der Waals surface area contributed by atoms with Crippen LogP contribution in [-0.4, -0.2) is 41.5 Å². The third-order valence-corrected chi connectivity index (χ3v) is 8.67. The smallest absolute Gasteiger partial charge is 0.200 e. The van der Waals surface area contributed by atoms with E-state index in [0.29, 0.717) is 6.04 Å². The van der Waals surface area contributed by atoms with Gasteiger partial charge in [-0.05, 0) is 48.6 Å². The molecule has 3 aliphatic heterocycles. The fourth-order valence-electron chi connectivity index (χ4n) is 6.83. The molecule has 4 aliphatic rings. The predicted octanol–water partition coefficient (Wildman–Crippen LogP) is 6.11. The minimum atomic E-state index is -0.398. The fraction of sp³-hybridized carbons (Fsp3) is 0.387. The predicted molar refractivity (Wildman–Crippen MR) is 141 cm³/mol. The Morgan fingerprint density at radius 1 is 0.917 bits per heavy atom. The Kier molecular flexibility index (Phi) is 5.28. The summed E-state index contributed by atoms with van der Waals surface area (Å²) in [5.74, 6) is 1.89. The molecule has 1 fully saturated rings. The molecule has 3 aromatic rings. The lowest BCUT2D eigenvalue weighted by atomic mass is 9.84. The first-order valence-electron chi connectivity index (χ1n) is 13.4. The molecule has 0 radical (unpaired) electrons. The number of aryl methyl sites for hydroxylation is 1. The van der Waals surface area contributed by atoms with Gasteiger partial charge in [0.25, 0.3) is 0 Å². The zero-order valence-electron chi connectivity index (χ0n) is 20.9. The number of fused-ring (bicyclic) bond motifs is 5. The molecular weight excluding hydrogens is 446 g/mol. The van der Waals surface area contributed by atoms with Crippen LogP contribution in [0.4, 0.5) is 0 Å². The molecule has 0 aromatic heterocycles. The normalized spacial score (nSPS) is 24.4. The lowest BCUT2D eigenvalue weighted by Gasteiger charge is -2.52. The third kappa shape index (κ3) is 3.52. The average molecular weight is 480 g/mol. The highest BCUT2D eigenvalue weighted by molar-refractivity contribution is 6.02. The van der Waals surface area contributed by atoms with Crippen LogP contribution in [0.2, 0.25) is 0 Å². The second kappa shape index (κ2) is 8.67. The number of likely N-dealkylation sites (tertiary alicyclic amines) is 1. The molecule has 0 bridgehead atoms. The van der Waals surface area contributed by atoms with Crippen LogP contribution < -0.4 is 9.47 Å². The number of hydrogen-bond donors (Lipinski definition) is 0. The number of nitrogens with zero attached hydrogens (tertiary/aromatic N) is 3. The van der Waals surface area contributed by atoms with Crippen molar-refractivity contribution in [1.29, 1.82) is 0 Å². The van der Waals surface area contributed by atoms with E-state index in [2.05, 4.69) is 76.6 Å². The standard InChI is InChI=1S/C31H33N3O2/c1-35-24-11-6-10-23(20-24)27-21-29-26-13-4-5-15-30(26)36-31(34(29)32-27)16-18-33(19-17-31)28-14-7-9-22-8-2-3-12-25(22)28/h2-6,8,10-13,15,20,28-29H,7,9,14,16-19,21H2,1H3/t28-,29-/m0/s1. The lowest BCUT2D eigenvalue weighted by Crippen LogP contribution is -2.59. The van der Waals surface area contributed by atoms with Crippen molar-refractivity contribution in [1.82, 2.24) is 9.91 Å². The van der Waals surface area contributed by atoms with Gasteiger partial charge in [-0.1, -0.05) is 54.6 Å². The summed E-state index contributed by atoms with van der Waals surface area (Å²) in [6.45, 7) is 2.04. The number of hydrazone groups is 1. The van der Waals surface area contributed by atoms with E-state index in [0.717, 1.165) is 55.1 Å². The Morgan fingerprint density at radius 3 is 2.58 bits per heavy atom. The molecule has 5 heteroatoms. The first-order valence-corrected chi connectivity index (χ1v) is 13.4. The SMILES string of the molecule is COc1cccc(C2=NN3[C@@H](C2)c2ccccc2OC32CCN([C@H]3CCCc4ccccc43)CC2)c1. The summed E-state index contributed by atoms with van der Waals surface area (Å²) in [6.07, 6.45) is 6.52. The molecule has 36 heavy (non-hydrogen) atoms. The maximum Gasteiger partial charge on any atom is 0.200 e. The van der Waals surface area contributed by atoms with Gasteiger partial charge in [0, 0.05) is 49.5 Å². The van der Waals surface area contributed by atoms with Gasteiger partial charge >= 0.3 is 0 Å². The second-order valence-corrected chi connectivity index (χ2v) is 10.6. The van der Waals surface area contributed by atoms with E-state index < -0.39 is 5.72 Å². The van der Waals surface area contributed by atoms with E-state index in [9.17, 15) is 0 Å². The van der Waals surface area contributed by atoms with Crippen LogP contribution in [0.3, 0.4) is 0 Å². The Balaban J connectivity index is 1.20. The largest absolute Gasteiger partial charge is 0.497 e. The van der Waals surface area contributed by atoms with E-state index >= 15 is 0 Å². The maximum atomic E-state index is 6.88. The summed E-state index contributed by atoms with van der Waals surface area (Å²) >= 11 is 0. The minimum absolute atomic E-state index is 0.207. The van der Waals surface area contributed by atoms with Crippen molar-refractivity contribution in [3.05, 3.63) is 95.1 Å². The summed E-state index contributed by atoms with van der Waals surface area (Å²) < 4.78 is 12.4. The first kappa shape index (κ1) is 21.9. The summed E-state index contributed by atoms with van der Waals surface area (Å²) in [5, 5.41) is 7.57. The molecule has 3 heterocycles. The monoisotopic (exact) mass is 479 g/mol. The highest BCUT2D eigenvalue weighted by Crippen LogP contribution is 2.51. The molecule has 0 unspecified atom stereocenters. The minimum Gasteiger partial charge on any atom is -0.497 e. The second-order valence-electron chi connectivity index (χ2n) is 10.6. The number of methoxy groups -OCH3 is 1. The Bertz CT molecular complexity index is 1310. The van der Waals surface area contributed by atoms with Crippen LogP contribution >= 0.6 is 0 Å². The van der Waals surface area contributed by atoms with Gasteiger partial charge < -0.3 is 9.47 Å². The van der Waals surface area contributed by atoms with Crippen LogP contribution in [0.15, 0.2) is 77.9 Å². The number of para-hydroxylation sites is 1. The summed E-state index contributed by atoms with van der Waals surface area (Å²) in [4.78, 5) is 2.70. The first-order chi connectivity index (χ1) is 17.7. The van der Waals surface area contributed by atoms with E-state index in [4.69, 9.17) is 14.6 Å². The molecule has 1 saturated heterocycles. The maximum absolute atomic E-state index is 6.88. The summed E-state index contributed by atoms with van der Waals surface area (Å²) in [6, 6.07) is 26.6. The molecule has 7 rings (SSSR count). The van der Waals surface area contributed by atoms with Crippen LogP contribution in [-0.2, 0) is 6.42 Å². The van der Waals surface area contributed by atoms with Crippen LogP contribution in [0.1, 0.15) is 66.4 Å². The van der Waals surface area contributed by atoms with E-state index in [1.165, 1.54) is 36.0 Å². The molecule has 0 saturated carbocycles. The van der Waals surface area contributed by atoms with Crippen molar-refractivity contribution in [2.75, 3.05) is 20.2 Å². The molecule has 2 atom stereocenters. The lowest BCUT2D eigenvalue weighted by molar-refractivity contribution is -0.153. The molecule has 5 nitrogen and oxygen atoms in total. The van der Waals surface area contributed by atoms with E-state index in [-0.39, 0.29) is 6.04 Å². The number of benzene rings is 3. The molecule has 184 valence electrons. The molecule has 1 aliphatic carbocycles. The van der Waals surface area contributed by atoms with Crippen molar-refractivity contribution < 1.29 is 9.47 Å². The zero-order valence-corrected chi connectivity index (χ0v) is 20.9. The summed E-state index contributed by atoms with van der Waals surface area (Å²) in [5.41, 5.74) is 6.16. The number of piperidine rings is 1. The van der Waals surface area contributed by atoms with Crippen molar-refractivity contribution in [3.8, 4) is 11.5 Å². The van der Waals surface area contributed by atoms with Gasteiger partial charge in [0.2, 0.25) is 5.72 Å². The Labute approximate surface area is 213 Å². The van der Waals surface area contributed by atoms with E-state index in [1.807, 2.05) is 6.07 Å². The van der Waals surface area contributed by atoms with Gasteiger partial charge in [-0.2, -0.15) is 5.10 Å². The Morgan fingerprint density at radius 2 is 1.72 bits per heavy atom. The van der Waals surface area contributed by atoms with Gasteiger partial charge in [-0.15, -0.1) is 0 Å². The van der Waals surface area contributed by atoms with Crippen molar-refractivity contribution in [2.24, 2.45) is 5.10 Å². The number of hydrogen-bond acceptors (Lipinski definition) is 5. The van der Waals surface area contributed by atoms with Gasteiger partial charge in [-0.25, -0.2) is 5.01 Å². The van der Waals surface area contributed by atoms with Crippen molar-refractivity contribution >= 4 is 5.71 Å². The molecular formula is C31H33N3O2. The molecule has 0 N–H and O–H groups in total. The van der Waals surface area contributed by atoms with Gasteiger partial charge in [0.1, 0.15) is 11.5 Å². The quantitative estimate of drug-likeness (QED) is 0.454. The average Bonchev–Trinajstić information content (AvgIpc) is 3.41. The highest BCUT2D eigenvalue weighted by Gasteiger charge is 2.52. The van der Waals surface area contributed by atoms with Crippen LogP contribution in [0.5, 0.6) is 11.5 Å². The van der Waals surface area contributed by atoms with Crippen molar-refractivity contribution in [2.45, 2.75) is 56.3 Å². The van der Waals surface area contributed by atoms with Gasteiger partial charge in [-0.3, -0.25) is 4.90 Å². The number of ether oxygens (including phenoxy) is 2. The molecule has 1 spiro atoms. The molecule has 0 amide bonds. The zero-order chi connectivity index (χ0) is 24.1. The third-order valence-electron chi connectivity index (χ3n) is 8.67. The molecule has 3 aromatic carbocycles.